The molecule has 55 valence electrons. The fraction of sp³-hybridized carbons (Fsp3) is 1.00. The topological polar surface area (TPSA) is 23.5 Å². The van der Waals surface area contributed by atoms with Crippen LogP contribution in [0.15, 0.2) is 0 Å². The first-order valence-electron chi connectivity index (χ1n) is 3.71. The quantitative estimate of drug-likeness (QED) is 0.464. The van der Waals surface area contributed by atoms with Gasteiger partial charge in [-0.2, -0.15) is 0 Å². The van der Waals surface area contributed by atoms with E-state index < -0.39 is 0 Å². The molecule has 4 atom stereocenters. The molecule has 0 aromatic rings. The summed E-state index contributed by atoms with van der Waals surface area (Å²) in [6.45, 7) is 4.47. The lowest BCUT2D eigenvalue weighted by molar-refractivity contribution is 0.0752. The first-order chi connectivity index (χ1) is 4.29. The summed E-state index contributed by atoms with van der Waals surface area (Å²) in [7, 11) is 0. The molecule has 0 saturated carbocycles. The van der Waals surface area contributed by atoms with Crippen molar-refractivity contribution in [1.29, 1.82) is 0 Å². The summed E-state index contributed by atoms with van der Waals surface area (Å²) in [5.74, 6) is 0.597. The maximum atomic E-state index is 9.45. The maximum Gasteiger partial charge on any atom is 0.0733 e. The number of fused-ring (bicyclic) bond motifs is 2. The van der Waals surface area contributed by atoms with E-state index in [0.29, 0.717) is 12.0 Å². The van der Waals surface area contributed by atoms with Gasteiger partial charge in [0.15, 0.2) is 0 Å². The lowest BCUT2D eigenvalue weighted by atomic mass is 9.98. The summed E-state index contributed by atoms with van der Waals surface area (Å²) in [5.41, 5.74) is 0. The standard InChI is InChI=1S/C7H13NO.B/c1-5-7(9)6-2-3-8(5)4-6;/h5-7,9H,2-4H2,1H3;. The monoisotopic (exact) mass is 138 g/mol. The van der Waals surface area contributed by atoms with Gasteiger partial charge in [-0.1, -0.05) is 0 Å². The van der Waals surface area contributed by atoms with Crippen molar-refractivity contribution in [2.45, 2.75) is 25.5 Å². The smallest absolute Gasteiger partial charge is 0.0733 e. The van der Waals surface area contributed by atoms with Gasteiger partial charge in [-0.3, -0.25) is 4.90 Å². The van der Waals surface area contributed by atoms with Crippen molar-refractivity contribution in [3.05, 3.63) is 0 Å². The molecular formula is C7H13BNO. The van der Waals surface area contributed by atoms with E-state index in [-0.39, 0.29) is 14.5 Å². The van der Waals surface area contributed by atoms with Crippen molar-refractivity contribution in [3.63, 3.8) is 0 Å². The molecule has 2 saturated heterocycles. The van der Waals surface area contributed by atoms with Gasteiger partial charge >= 0.3 is 0 Å². The fourth-order valence-electron chi connectivity index (χ4n) is 2.07. The lowest BCUT2D eigenvalue weighted by Gasteiger charge is -2.24. The second-order valence-electron chi connectivity index (χ2n) is 3.27. The van der Waals surface area contributed by atoms with Crippen LogP contribution < -0.4 is 0 Å². The molecule has 2 heterocycles. The molecule has 0 aromatic carbocycles. The van der Waals surface area contributed by atoms with Crippen LogP contribution in [0.5, 0.6) is 0 Å². The molecule has 2 aliphatic rings. The molecule has 3 heteroatoms. The maximum absolute atomic E-state index is 9.45. The Morgan fingerprint density at radius 3 is 2.50 bits per heavy atom. The van der Waals surface area contributed by atoms with Gasteiger partial charge in [0.2, 0.25) is 0 Å². The Balaban J connectivity index is 0.000000500. The highest BCUT2D eigenvalue weighted by atomic mass is 16.3. The summed E-state index contributed by atoms with van der Waals surface area (Å²) in [4.78, 5) is 2.37. The SMILES string of the molecule is CC1C(O)C2CCN1C2.[B]. The minimum Gasteiger partial charge on any atom is -0.391 e. The third-order valence-electron chi connectivity index (χ3n) is 2.81. The van der Waals surface area contributed by atoms with Crippen LogP contribution in [0.3, 0.4) is 0 Å². The second-order valence-corrected chi connectivity index (χ2v) is 3.27. The summed E-state index contributed by atoms with van der Waals surface area (Å²) in [6.07, 6.45) is 1.18. The molecule has 0 spiro atoms. The summed E-state index contributed by atoms with van der Waals surface area (Å²) in [5, 5.41) is 9.45. The van der Waals surface area contributed by atoms with Crippen molar-refractivity contribution in [2.24, 2.45) is 5.92 Å². The Bertz CT molecular complexity index is 113. The molecule has 0 aliphatic carbocycles. The Morgan fingerprint density at radius 2 is 2.20 bits per heavy atom. The van der Waals surface area contributed by atoms with Crippen LogP contribution >= 0.6 is 0 Å². The number of hydrogen-bond donors (Lipinski definition) is 1. The lowest BCUT2D eigenvalue weighted by Crippen LogP contribution is -2.36. The van der Waals surface area contributed by atoms with E-state index in [1.54, 1.807) is 0 Å². The molecule has 0 amide bonds. The summed E-state index contributed by atoms with van der Waals surface area (Å²) < 4.78 is 0. The van der Waals surface area contributed by atoms with E-state index in [1.165, 1.54) is 13.0 Å². The average Bonchev–Trinajstić information content (AvgIpc) is 2.37. The molecular weight excluding hydrogens is 125 g/mol. The Morgan fingerprint density at radius 1 is 1.50 bits per heavy atom. The van der Waals surface area contributed by atoms with Crippen LogP contribution in [0.25, 0.3) is 0 Å². The number of aliphatic hydroxyl groups excluding tert-OH is 1. The molecule has 4 unspecified atom stereocenters. The number of hydrogen-bond acceptors (Lipinski definition) is 2. The Labute approximate surface area is 63.8 Å². The van der Waals surface area contributed by atoms with E-state index >= 15 is 0 Å². The molecule has 10 heavy (non-hydrogen) atoms. The molecule has 0 aromatic heterocycles. The van der Waals surface area contributed by atoms with Gasteiger partial charge in [0.25, 0.3) is 0 Å². The van der Waals surface area contributed by atoms with E-state index in [2.05, 4.69) is 11.8 Å². The molecule has 2 nitrogen and oxygen atoms in total. The molecule has 1 N–H and O–H groups in total. The predicted octanol–water partition coefficient (Wildman–Crippen LogP) is -0.310. The Kier molecular flexibility index (Phi) is 2.06. The highest BCUT2D eigenvalue weighted by Gasteiger charge is 2.42. The largest absolute Gasteiger partial charge is 0.391 e. The third kappa shape index (κ3) is 0.885. The van der Waals surface area contributed by atoms with Gasteiger partial charge in [0, 0.05) is 26.9 Å². The van der Waals surface area contributed by atoms with Gasteiger partial charge in [-0.15, -0.1) is 0 Å². The first kappa shape index (κ1) is 8.09. The van der Waals surface area contributed by atoms with E-state index in [4.69, 9.17) is 0 Å². The fourth-order valence-corrected chi connectivity index (χ4v) is 2.07. The van der Waals surface area contributed by atoms with Crippen molar-refractivity contribution in [3.8, 4) is 0 Å². The van der Waals surface area contributed by atoms with Gasteiger partial charge in [0.05, 0.1) is 6.10 Å². The van der Waals surface area contributed by atoms with Crippen LogP contribution in [0, 0.1) is 5.92 Å². The highest BCUT2D eigenvalue weighted by molar-refractivity contribution is 5.75. The number of nitrogens with zero attached hydrogens (tertiary/aromatic N) is 1. The number of rotatable bonds is 0. The molecule has 2 aliphatic heterocycles. The van der Waals surface area contributed by atoms with Crippen molar-refractivity contribution in [2.75, 3.05) is 13.1 Å². The van der Waals surface area contributed by atoms with Crippen LogP contribution in [0.4, 0.5) is 0 Å². The summed E-state index contributed by atoms with van der Waals surface area (Å²) >= 11 is 0. The predicted molar refractivity (Wildman–Crippen MR) is 40.9 cm³/mol. The van der Waals surface area contributed by atoms with Gasteiger partial charge < -0.3 is 5.11 Å². The zero-order valence-electron chi connectivity index (χ0n) is 6.33. The van der Waals surface area contributed by atoms with Crippen LogP contribution in [-0.2, 0) is 0 Å². The van der Waals surface area contributed by atoms with Crippen molar-refractivity contribution in [1.82, 2.24) is 4.90 Å². The van der Waals surface area contributed by atoms with Crippen molar-refractivity contribution >= 4 is 8.41 Å². The third-order valence-corrected chi connectivity index (χ3v) is 2.81. The summed E-state index contributed by atoms with van der Waals surface area (Å²) in [6, 6.07) is 0.434. The Hall–Kier alpha value is -0.0151. The second kappa shape index (κ2) is 2.55. The van der Waals surface area contributed by atoms with Crippen LogP contribution in [0.1, 0.15) is 13.3 Å². The zero-order valence-corrected chi connectivity index (χ0v) is 6.33. The van der Waals surface area contributed by atoms with Gasteiger partial charge in [-0.05, 0) is 19.9 Å². The van der Waals surface area contributed by atoms with Gasteiger partial charge in [-0.25, -0.2) is 0 Å². The zero-order chi connectivity index (χ0) is 6.43. The van der Waals surface area contributed by atoms with Crippen molar-refractivity contribution < 1.29 is 5.11 Å². The average molecular weight is 138 g/mol. The molecule has 2 bridgehead atoms. The minimum absolute atomic E-state index is 0. The normalized spacial score (nSPS) is 51.0. The van der Waals surface area contributed by atoms with Crippen LogP contribution in [0.2, 0.25) is 0 Å². The highest BCUT2D eigenvalue weighted by Crippen LogP contribution is 2.32. The van der Waals surface area contributed by atoms with E-state index in [1.807, 2.05) is 0 Å². The number of piperidine rings is 1. The van der Waals surface area contributed by atoms with Gasteiger partial charge in [0.1, 0.15) is 0 Å². The van der Waals surface area contributed by atoms with E-state index in [9.17, 15) is 5.11 Å². The number of aliphatic hydroxyl groups is 1. The first-order valence-corrected chi connectivity index (χ1v) is 3.71. The molecule has 2 fully saturated rings. The minimum atomic E-state index is -0.0289. The molecule has 3 radical (unpaired) electrons. The van der Waals surface area contributed by atoms with Crippen LogP contribution in [-0.4, -0.2) is 43.7 Å². The van der Waals surface area contributed by atoms with E-state index in [0.717, 1.165) is 6.54 Å². The molecule has 2 rings (SSSR count).